The molecular formula is C21H18ClNO4S. The zero-order valence-electron chi connectivity index (χ0n) is 15.1. The lowest BCUT2D eigenvalue weighted by Crippen LogP contribution is -2.26. The van der Waals surface area contributed by atoms with Crippen molar-refractivity contribution in [2.45, 2.75) is 11.5 Å². The third-order valence-corrected chi connectivity index (χ3v) is 6.31. The molecule has 3 aromatic rings. The first kappa shape index (κ1) is 19.9. The molecule has 144 valence electrons. The Balaban J connectivity index is 1.79. The lowest BCUT2D eigenvalue weighted by Gasteiger charge is -2.19. The minimum absolute atomic E-state index is 0.000593. The van der Waals surface area contributed by atoms with Crippen molar-refractivity contribution in [3.05, 3.63) is 95.0 Å². The van der Waals surface area contributed by atoms with Crippen molar-refractivity contribution >= 4 is 33.3 Å². The smallest absolute Gasteiger partial charge is 0.338 e. The van der Waals surface area contributed by atoms with E-state index in [1.165, 1.54) is 35.6 Å². The second-order valence-electron chi connectivity index (χ2n) is 6.00. The van der Waals surface area contributed by atoms with Crippen LogP contribution in [0.25, 0.3) is 0 Å². The van der Waals surface area contributed by atoms with Gasteiger partial charge in [-0.05, 0) is 36.4 Å². The fraction of sp³-hybridized carbons (Fsp3) is 0.0952. The molecule has 0 aliphatic rings. The topological polar surface area (TPSA) is 63.7 Å². The molecule has 0 atom stereocenters. The van der Waals surface area contributed by atoms with E-state index in [4.69, 9.17) is 16.3 Å². The number of benzene rings is 3. The number of anilines is 1. The first-order chi connectivity index (χ1) is 13.4. The van der Waals surface area contributed by atoms with Gasteiger partial charge in [0.2, 0.25) is 0 Å². The summed E-state index contributed by atoms with van der Waals surface area (Å²) in [6, 6.07) is 21.5. The Kier molecular flexibility index (Phi) is 6.02. The van der Waals surface area contributed by atoms with Crippen LogP contribution >= 0.6 is 11.6 Å². The summed E-state index contributed by atoms with van der Waals surface area (Å²) in [5.41, 5.74) is 1.34. The number of carbonyl (C=O) groups excluding carboxylic acids is 1. The predicted molar refractivity (Wildman–Crippen MR) is 109 cm³/mol. The number of rotatable bonds is 6. The number of hydrogen-bond donors (Lipinski definition) is 0. The number of esters is 1. The van der Waals surface area contributed by atoms with Gasteiger partial charge in [-0.1, -0.05) is 54.1 Å². The molecule has 7 heteroatoms. The summed E-state index contributed by atoms with van der Waals surface area (Å²) >= 11 is 6.06. The monoisotopic (exact) mass is 415 g/mol. The van der Waals surface area contributed by atoms with Crippen LogP contribution in [0.1, 0.15) is 15.9 Å². The van der Waals surface area contributed by atoms with Gasteiger partial charge >= 0.3 is 5.97 Å². The van der Waals surface area contributed by atoms with Crippen molar-refractivity contribution in [3.8, 4) is 0 Å². The Bertz CT molecular complexity index is 1080. The normalized spacial score (nSPS) is 11.1. The Morgan fingerprint density at radius 3 is 2.36 bits per heavy atom. The van der Waals surface area contributed by atoms with E-state index >= 15 is 0 Å². The fourth-order valence-corrected chi connectivity index (χ4v) is 3.99. The van der Waals surface area contributed by atoms with E-state index in [1.807, 2.05) is 0 Å². The SMILES string of the molecule is CN(c1ccccc1)S(=O)(=O)c1cccc(C(=O)OCc2ccccc2Cl)c1. The second kappa shape index (κ2) is 8.46. The highest BCUT2D eigenvalue weighted by Crippen LogP contribution is 2.23. The van der Waals surface area contributed by atoms with E-state index in [0.29, 0.717) is 16.3 Å². The summed E-state index contributed by atoms with van der Waals surface area (Å²) in [7, 11) is -2.35. The van der Waals surface area contributed by atoms with E-state index in [-0.39, 0.29) is 17.1 Å². The molecule has 0 saturated carbocycles. The van der Waals surface area contributed by atoms with Gasteiger partial charge in [-0.3, -0.25) is 4.31 Å². The van der Waals surface area contributed by atoms with Crippen LogP contribution in [0.3, 0.4) is 0 Å². The van der Waals surface area contributed by atoms with E-state index in [2.05, 4.69) is 0 Å². The van der Waals surface area contributed by atoms with Crippen molar-refractivity contribution in [1.82, 2.24) is 0 Å². The van der Waals surface area contributed by atoms with E-state index in [9.17, 15) is 13.2 Å². The molecule has 0 bridgehead atoms. The Morgan fingerprint density at radius 2 is 1.64 bits per heavy atom. The van der Waals surface area contributed by atoms with Gasteiger partial charge in [0.15, 0.2) is 0 Å². The summed E-state index contributed by atoms with van der Waals surface area (Å²) in [6.07, 6.45) is 0. The number of sulfonamides is 1. The molecule has 0 amide bonds. The van der Waals surface area contributed by atoms with Gasteiger partial charge in [-0.2, -0.15) is 0 Å². The Labute approximate surface area is 169 Å². The van der Waals surface area contributed by atoms with Crippen LogP contribution in [-0.2, 0) is 21.4 Å². The molecule has 28 heavy (non-hydrogen) atoms. The summed E-state index contributed by atoms with van der Waals surface area (Å²) < 4.78 is 32.2. The minimum atomic E-state index is -3.82. The average molecular weight is 416 g/mol. The van der Waals surface area contributed by atoms with Crippen LogP contribution in [0.5, 0.6) is 0 Å². The number of carbonyl (C=O) groups is 1. The predicted octanol–water partition coefficient (Wildman–Crippen LogP) is 4.52. The summed E-state index contributed by atoms with van der Waals surface area (Å²) in [4.78, 5) is 12.4. The number of halogens is 1. The van der Waals surface area contributed by atoms with Crippen molar-refractivity contribution in [2.75, 3.05) is 11.4 Å². The number of hydrogen-bond acceptors (Lipinski definition) is 4. The number of ether oxygens (including phenoxy) is 1. The molecule has 0 aliphatic carbocycles. The Hall–Kier alpha value is -2.83. The summed E-state index contributed by atoms with van der Waals surface area (Å²) in [6.45, 7) is -0.000593. The summed E-state index contributed by atoms with van der Waals surface area (Å²) in [5.74, 6) is -0.626. The van der Waals surface area contributed by atoms with Gasteiger partial charge in [-0.25, -0.2) is 13.2 Å². The van der Waals surface area contributed by atoms with Crippen LogP contribution in [-0.4, -0.2) is 21.4 Å². The maximum atomic E-state index is 12.9. The third kappa shape index (κ3) is 4.35. The average Bonchev–Trinajstić information content (AvgIpc) is 2.73. The first-order valence-electron chi connectivity index (χ1n) is 8.44. The largest absolute Gasteiger partial charge is 0.457 e. The van der Waals surface area contributed by atoms with Gasteiger partial charge in [0.1, 0.15) is 6.61 Å². The third-order valence-electron chi connectivity index (χ3n) is 4.16. The van der Waals surface area contributed by atoms with Crippen LogP contribution in [0.2, 0.25) is 5.02 Å². The highest BCUT2D eigenvalue weighted by atomic mass is 35.5. The van der Waals surface area contributed by atoms with Gasteiger partial charge in [0.05, 0.1) is 16.1 Å². The van der Waals surface area contributed by atoms with Gasteiger partial charge < -0.3 is 4.74 Å². The quantitative estimate of drug-likeness (QED) is 0.555. The van der Waals surface area contributed by atoms with Crippen molar-refractivity contribution in [1.29, 1.82) is 0 Å². The van der Waals surface area contributed by atoms with Crippen LogP contribution < -0.4 is 4.31 Å². The molecule has 0 N–H and O–H groups in total. The van der Waals surface area contributed by atoms with E-state index < -0.39 is 16.0 Å². The molecule has 0 heterocycles. The molecule has 3 aromatic carbocycles. The number of para-hydroxylation sites is 1. The van der Waals surface area contributed by atoms with E-state index in [1.54, 1.807) is 54.6 Å². The van der Waals surface area contributed by atoms with Gasteiger partial charge in [-0.15, -0.1) is 0 Å². The molecule has 0 fully saturated rings. The second-order valence-corrected chi connectivity index (χ2v) is 8.38. The lowest BCUT2D eigenvalue weighted by molar-refractivity contribution is 0.0472. The standard InChI is InChI=1S/C21H18ClNO4S/c1-23(18-10-3-2-4-11-18)28(25,26)19-12-7-9-16(14-19)21(24)27-15-17-8-5-6-13-20(17)22/h2-14H,15H2,1H3. The molecule has 0 aliphatic heterocycles. The van der Waals surface area contributed by atoms with Crippen molar-refractivity contribution < 1.29 is 17.9 Å². The van der Waals surface area contributed by atoms with Crippen LogP contribution in [0, 0.1) is 0 Å². The van der Waals surface area contributed by atoms with Crippen LogP contribution in [0.15, 0.2) is 83.8 Å². The van der Waals surface area contributed by atoms with Crippen LogP contribution in [0.4, 0.5) is 5.69 Å². The molecule has 0 aromatic heterocycles. The highest BCUT2D eigenvalue weighted by molar-refractivity contribution is 7.92. The highest BCUT2D eigenvalue weighted by Gasteiger charge is 2.22. The molecular weight excluding hydrogens is 398 g/mol. The molecule has 0 spiro atoms. The maximum absolute atomic E-state index is 12.9. The van der Waals surface area contributed by atoms with Gasteiger partial charge in [0, 0.05) is 17.6 Å². The van der Waals surface area contributed by atoms with Crippen molar-refractivity contribution in [2.24, 2.45) is 0 Å². The zero-order chi connectivity index (χ0) is 20.1. The molecule has 5 nitrogen and oxygen atoms in total. The summed E-state index contributed by atoms with van der Waals surface area (Å²) in [5, 5.41) is 0.496. The van der Waals surface area contributed by atoms with E-state index in [0.717, 1.165) is 0 Å². The number of nitrogens with zero attached hydrogens (tertiary/aromatic N) is 1. The molecule has 0 unspecified atom stereocenters. The van der Waals surface area contributed by atoms with Crippen molar-refractivity contribution in [3.63, 3.8) is 0 Å². The first-order valence-corrected chi connectivity index (χ1v) is 10.3. The van der Waals surface area contributed by atoms with Gasteiger partial charge in [0.25, 0.3) is 10.0 Å². The zero-order valence-corrected chi connectivity index (χ0v) is 16.7. The molecule has 3 rings (SSSR count). The molecule has 0 radical (unpaired) electrons. The molecule has 0 saturated heterocycles. The fourth-order valence-electron chi connectivity index (χ4n) is 2.56. The lowest BCUT2D eigenvalue weighted by atomic mass is 10.2. The minimum Gasteiger partial charge on any atom is -0.457 e. The Morgan fingerprint density at radius 1 is 0.964 bits per heavy atom. The maximum Gasteiger partial charge on any atom is 0.338 e.